The number of H-pyrrole nitrogens is 1. The number of ketones is 1. The topological polar surface area (TPSA) is 92.0 Å². The first kappa shape index (κ1) is 16.2. The Balaban J connectivity index is 1.77. The van der Waals surface area contributed by atoms with E-state index < -0.39 is 0 Å². The molecule has 2 N–H and O–H groups in total. The van der Waals surface area contributed by atoms with E-state index in [1.165, 1.54) is 0 Å². The van der Waals surface area contributed by atoms with E-state index in [2.05, 4.69) is 31.1 Å². The first-order chi connectivity index (χ1) is 12.1. The number of nitrogens with one attached hydrogen (secondary N) is 1. The number of aromatic nitrogens is 3. The molecule has 0 atom stereocenters. The number of aliphatic hydroxyl groups excluding tert-OH is 1. The highest BCUT2D eigenvalue weighted by atomic mass is 79.9. The number of hydrogen-bond acceptors (Lipinski definition) is 5. The molecule has 1 fully saturated rings. The fourth-order valence-electron chi connectivity index (χ4n) is 2.90. The number of nitrogens with zero attached hydrogens (tertiary/aromatic N) is 2. The lowest BCUT2D eigenvalue weighted by Gasteiger charge is -2.04. The maximum Gasteiger partial charge on any atom is 0.264 e. The molecule has 2 aromatic heterocycles. The maximum absolute atomic E-state index is 12.9. The Hall–Kier alpha value is -2.25. The quantitative estimate of drug-likeness (QED) is 0.635. The van der Waals surface area contributed by atoms with Crippen molar-refractivity contribution in [2.24, 2.45) is 0 Å². The first-order valence-electron chi connectivity index (χ1n) is 8.04. The molecule has 0 amide bonds. The summed E-state index contributed by atoms with van der Waals surface area (Å²) in [6.07, 6.45) is 2.14. The molecule has 0 bridgehead atoms. The summed E-state index contributed by atoms with van der Waals surface area (Å²) in [5, 5.41) is 17.9. The molecular formula is C18H16BrN3O3. The molecule has 6 nitrogen and oxygen atoms in total. The Kier molecular flexibility index (Phi) is 4.05. The van der Waals surface area contributed by atoms with Gasteiger partial charge in [0, 0.05) is 21.5 Å². The van der Waals surface area contributed by atoms with Crippen molar-refractivity contribution in [3.05, 3.63) is 57.0 Å². The van der Waals surface area contributed by atoms with E-state index in [1.807, 2.05) is 13.0 Å². The molecule has 128 valence electrons. The smallest absolute Gasteiger partial charge is 0.264 e. The number of rotatable bonds is 5. The molecule has 1 aromatic carbocycles. The van der Waals surface area contributed by atoms with Crippen molar-refractivity contribution in [2.75, 3.05) is 0 Å². The van der Waals surface area contributed by atoms with Crippen molar-refractivity contribution >= 4 is 21.7 Å². The predicted molar refractivity (Wildman–Crippen MR) is 94.3 cm³/mol. The lowest BCUT2D eigenvalue weighted by atomic mass is 9.99. The van der Waals surface area contributed by atoms with Crippen LogP contribution >= 0.6 is 15.9 Å². The van der Waals surface area contributed by atoms with Crippen LogP contribution in [0.15, 0.2) is 33.2 Å². The van der Waals surface area contributed by atoms with Crippen molar-refractivity contribution in [1.82, 2.24) is 15.2 Å². The van der Waals surface area contributed by atoms with Crippen LogP contribution < -0.4 is 0 Å². The van der Waals surface area contributed by atoms with Crippen LogP contribution in [-0.4, -0.2) is 26.1 Å². The zero-order chi connectivity index (χ0) is 17.6. The van der Waals surface area contributed by atoms with Gasteiger partial charge >= 0.3 is 0 Å². The van der Waals surface area contributed by atoms with E-state index in [0.717, 1.165) is 17.3 Å². The minimum Gasteiger partial charge on any atom is -0.419 e. The molecule has 0 saturated heterocycles. The molecule has 0 radical (unpaired) electrons. The van der Waals surface area contributed by atoms with Gasteiger partial charge in [0.1, 0.15) is 5.69 Å². The van der Waals surface area contributed by atoms with Crippen molar-refractivity contribution in [1.29, 1.82) is 0 Å². The fraction of sp³-hybridized carbons (Fsp3) is 0.278. The highest BCUT2D eigenvalue weighted by molar-refractivity contribution is 9.10. The maximum atomic E-state index is 12.9. The van der Waals surface area contributed by atoms with Crippen molar-refractivity contribution in [3.8, 4) is 11.6 Å². The second kappa shape index (κ2) is 6.24. The molecule has 3 aromatic rings. The molecule has 1 aliphatic carbocycles. The van der Waals surface area contributed by atoms with Gasteiger partial charge in [-0.3, -0.25) is 4.79 Å². The SMILES string of the molecule is Cc1c(-c2nnc(C3CC3)o2)[nH]c(CO)c1C(=O)c1cccc(Br)c1. The molecule has 2 heterocycles. The van der Waals surface area contributed by atoms with E-state index in [9.17, 15) is 9.90 Å². The molecular weight excluding hydrogens is 386 g/mol. The summed E-state index contributed by atoms with van der Waals surface area (Å²) in [6.45, 7) is 1.54. The van der Waals surface area contributed by atoms with E-state index in [1.54, 1.807) is 18.2 Å². The van der Waals surface area contributed by atoms with Crippen LogP contribution in [0.5, 0.6) is 0 Å². The third kappa shape index (κ3) is 2.94. The molecule has 4 rings (SSSR count). The van der Waals surface area contributed by atoms with Crippen LogP contribution in [0.3, 0.4) is 0 Å². The Morgan fingerprint density at radius 1 is 1.40 bits per heavy atom. The second-order valence-electron chi connectivity index (χ2n) is 6.20. The number of benzene rings is 1. The van der Waals surface area contributed by atoms with Crippen molar-refractivity contribution in [3.63, 3.8) is 0 Å². The predicted octanol–water partition coefficient (Wildman–Crippen LogP) is 3.74. The summed E-state index contributed by atoms with van der Waals surface area (Å²) in [6, 6.07) is 7.17. The molecule has 7 heteroatoms. The van der Waals surface area contributed by atoms with Gasteiger partial charge in [-0.2, -0.15) is 0 Å². The first-order valence-corrected chi connectivity index (χ1v) is 8.84. The van der Waals surface area contributed by atoms with Crippen molar-refractivity contribution in [2.45, 2.75) is 32.3 Å². The molecule has 1 aliphatic rings. The Morgan fingerprint density at radius 3 is 2.88 bits per heavy atom. The van der Waals surface area contributed by atoms with E-state index in [4.69, 9.17) is 4.42 Å². The number of aromatic amines is 1. The van der Waals surface area contributed by atoms with E-state index in [0.29, 0.717) is 45.8 Å². The molecule has 25 heavy (non-hydrogen) atoms. The summed E-state index contributed by atoms with van der Waals surface area (Å²) in [4.78, 5) is 16.0. The van der Waals surface area contributed by atoms with Crippen LogP contribution in [0, 0.1) is 6.92 Å². The largest absolute Gasteiger partial charge is 0.419 e. The number of carbonyl (C=O) groups is 1. The molecule has 0 unspecified atom stereocenters. The van der Waals surface area contributed by atoms with Gasteiger partial charge in [0.2, 0.25) is 5.89 Å². The number of hydrogen-bond donors (Lipinski definition) is 2. The zero-order valence-electron chi connectivity index (χ0n) is 13.5. The van der Waals surface area contributed by atoms with Crippen LogP contribution in [0.4, 0.5) is 0 Å². The van der Waals surface area contributed by atoms with Gasteiger partial charge in [0.15, 0.2) is 5.78 Å². The van der Waals surface area contributed by atoms with E-state index >= 15 is 0 Å². The van der Waals surface area contributed by atoms with Gasteiger partial charge in [-0.1, -0.05) is 28.1 Å². The average molecular weight is 402 g/mol. The molecule has 1 saturated carbocycles. The number of halogens is 1. The minimum absolute atomic E-state index is 0.160. The van der Waals surface area contributed by atoms with Crippen molar-refractivity contribution < 1.29 is 14.3 Å². The molecule has 0 aliphatic heterocycles. The van der Waals surface area contributed by atoms with Crippen LogP contribution in [-0.2, 0) is 6.61 Å². The number of aliphatic hydroxyl groups is 1. The fourth-order valence-corrected chi connectivity index (χ4v) is 3.30. The lowest BCUT2D eigenvalue weighted by Crippen LogP contribution is -2.05. The van der Waals surface area contributed by atoms with Crippen LogP contribution in [0.2, 0.25) is 0 Å². The highest BCUT2D eigenvalue weighted by Crippen LogP contribution is 2.40. The lowest BCUT2D eigenvalue weighted by molar-refractivity contribution is 0.103. The Morgan fingerprint density at radius 2 is 2.20 bits per heavy atom. The normalized spacial score (nSPS) is 14.0. The van der Waals surface area contributed by atoms with Crippen LogP contribution in [0.1, 0.15) is 51.8 Å². The highest BCUT2D eigenvalue weighted by Gasteiger charge is 2.31. The number of carbonyl (C=O) groups excluding carboxylic acids is 1. The minimum atomic E-state index is -0.278. The average Bonchev–Trinajstić information content (AvgIpc) is 3.25. The Bertz CT molecular complexity index is 956. The molecule has 0 spiro atoms. The summed E-state index contributed by atoms with van der Waals surface area (Å²) in [5.74, 6) is 1.18. The van der Waals surface area contributed by atoms with Gasteiger partial charge in [0.05, 0.1) is 12.3 Å². The van der Waals surface area contributed by atoms with E-state index in [-0.39, 0.29) is 12.4 Å². The van der Waals surface area contributed by atoms with Gasteiger partial charge < -0.3 is 14.5 Å². The third-order valence-corrected chi connectivity index (χ3v) is 4.87. The summed E-state index contributed by atoms with van der Waals surface area (Å²) < 4.78 is 6.56. The van der Waals surface area contributed by atoms with Gasteiger partial charge in [-0.25, -0.2) is 0 Å². The Labute approximate surface area is 152 Å². The second-order valence-corrected chi connectivity index (χ2v) is 7.11. The van der Waals surface area contributed by atoms with Gasteiger partial charge in [0.25, 0.3) is 5.89 Å². The van der Waals surface area contributed by atoms with Gasteiger partial charge in [-0.15, -0.1) is 10.2 Å². The van der Waals surface area contributed by atoms with Crippen LogP contribution in [0.25, 0.3) is 11.6 Å². The summed E-state index contributed by atoms with van der Waals surface area (Å²) >= 11 is 3.38. The van der Waals surface area contributed by atoms with Gasteiger partial charge in [-0.05, 0) is 37.5 Å². The standard InChI is InChI=1S/C18H16BrN3O3/c1-9-14(16(24)11-3-2-4-12(19)7-11)13(8-23)20-15(9)18-22-21-17(25-18)10-5-6-10/h2-4,7,10,20,23H,5-6,8H2,1H3. The summed E-state index contributed by atoms with van der Waals surface area (Å²) in [7, 11) is 0. The summed E-state index contributed by atoms with van der Waals surface area (Å²) in [5.41, 5.74) is 2.72. The monoisotopic (exact) mass is 401 g/mol. The zero-order valence-corrected chi connectivity index (χ0v) is 15.1. The third-order valence-electron chi connectivity index (χ3n) is 4.38.